The van der Waals surface area contributed by atoms with Crippen molar-refractivity contribution in [3.63, 3.8) is 0 Å². The van der Waals surface area contributed by atoms with Crippen molar-refractivity contribution < 1.29 is 5.21 Å². The Morgan fingerprint density at radius 2 is 1.88 bits per heavy atom. The standard InChI is InChI=1S/C12H19N3O/c1-10(2)11-7-12(9-13-8-11)14-3-5-15(16)6-4-14/h7-10,16H,3-6H2,1-2H3. The van der Waals surface area contributed by atoms with Crippen LogP contribution >= 0.6 is 0 Å². The van der Waals surface area contributed by atoms with Gasteiger partial charge in [-0.15, -0.1) is 0 Å². The highest BCUT2D eigenvalue weighted by Gasteiger charge is 2.16. The molecule has 2 heterocycles. The van der Waals surface area contributed by atoms with E-state index in [-0.39, 0.29) is 0 Å². The zero-order valence-corrected chi connectivity index (χ0v) is 9.93. The molecule has 0 aromatic carbocycles. The minimum absolute atomic E-state index is 0.506. The maximum absolute atomic E-state index is 9.31. The van der Waals surface area contributed by atoms with Gasteiger partial charge >= 0.3 is 0 Å². The normalized spacial score (nSPS) is 18.1. The highest BCUT2D eigenvalue weighted by molar-refractivity contribution is 5.47. The zero-order chi connectivity index (χ0) is 11.5. The molecule has 88 valence electrons. The van der Waals surface area contributed by atoms with Gasteiger partial charge in [0.25, 0.3) is 0 Å². The van der Waals surface area contributed by atoms with Crippen molar-refractivity contribution in [2.24, 2.45) is 0 Å². The van der Waals surface area contributed by atoms with Gasteiger partial charge in [0.1, 0.15) is 0 Å². The maximum atomic E-state index is 9.31. The summed E-state index contributed by atoms with van der Waals surface area (Å²) in [4.78, 5) is 6.55. The predicted octanol–water partition coefficient (Wildman–Crippen LogP) is 1.72. The van der Waals surface area contributed by atoms with Gasteiger partial charge < -0.3 is 10.1 Å². The average Bonchev–Trinajstić information content (AvgIpc) is 2.30. The fourth-order valence-electron chi connectivity index (χ4n) is 1.89. The molecule has 0 spiro atoms. The molecule has 1 N–H and O–H groups in total. The number of aromatic nitrogens is 1. The Labute approximate surface area is 96.5 Å². The van der Waals surface area contributed by atoms with Crippen LogP contribution < -0.4 is 4.90 Å². The van der Waals surface area contributed by atoms with Crippen LogP contribution in [0.2, 0.25) is 0 Å². The zero-order valence-electron chi connectivity index (χ0n) is 9.93. The largest absolute Gasteiger partial charge is 0.368 e. The van der Waals surface area contributed by atoms with Gasteiger partial charge in [-0.25, -0.2) is 0 Å². The molecule has 0 amide bonds. The molecule has 16 heavy (non-hydrogen) atoms. The topological polar surface area (TPSA) is 39.6 Å². The van der Waals surface area contributed by atoms with Gasteiger partial charge in [0.15, 0.2) is 0 Å². The van der Waals surface area contributed by atoms with Gasteiger partial charge in [-0.2, -0.15) is 5.06 Å². The Bertz CT molecular complexity index is 346. The lowest BCUT2D eigenvalue weighted by Crippen LogP contribution is -2.44. The molecule has 1 aliphatic heterocycles. The van der Waals surface area contributed by atoms with E-state index in [1.165, 1.54) is 16.3 Å². The summed E-state index contributed by atoms with van der Waals surface area (Å²) in [5.74, 6) is 0.506. The van der Waals surface area contributed by atoms with Crippen LogP contribution in [0.3, 0.4) is 0 Å². The Balaban J connectivity index is 2.11. The molecule has 0 bridgehead atoms. The van der Waals surface area contributed by atoms with Crippen molar-refractivity contribution in [1.82, 2.24) is 10.0 Å². The minimum Gasteiger partial charge on any atom is -0.368 e. The molecule has 0 unspecified atom stereocenters. The first-order valence-corrected chi connectivity index (χ1v) is 5.80. The minimum atomic E-state index is 0.506. The third kappa shape index (κ3) is 2.51. The van der Waals surface area contributed by atoms with E-state index in [0.717, 1.165) is 13.1 Å². The molecule has 0 saturated carbocycles. The Kier molecular flexibility index (Phi) is 3.41. The highest BCUT2D eigenvalue weighted by Crippen LogP contribution is 2.20. The van der Waals surface area contributed by atoms with Crippen molar-refractivity contribution in [2.75, 3.05) is 31.1 Å². The summed E-state index contributed by atoms with van der Waals surface area (Å²) >= 11 is 0. The first kappa shape index (κ1) is 11.4. The number of nitrogens with zero attached hydrogens (tertiary/aromatic N) is 3. The molecule has 0 aliphatic carbocycles. The Morgan fingerprint density at radius 3 is 2.50 bits per heavy atom. The lowest BCUT2D eigenvalue weighted by Gasteiger charge is -2.32. The van der Waals surface area contributed by atoms with Gasteiger partial charge in [0.2, 0.25) is 0 Å². The van der Waals surface area contributed by atoms with Crippen molar-refractivity contribution in [2.45, 2.75) is 19.8 Å². The van der Waals surface area contributed by atoms with E-state index in [1.54, 1.807) is 0 Å². The fourth-order valence-corrected chi connectivity index (χ4v) is 1.89. The smallest absolute Gasteiger partial charge is 0.0556 e. The molecule has 0 radical (unpaired) electrons. The summed E-state index contributed by atoms with van der Waals surface area (Å²) in [6.45, 7) is 7.47. The van der Waals surface area contributed by atoms with Crippen molar-refractivity contribution in [1.29, 1.82) is 0 Å². The van der Waals surface area contributed by atoms with Crippen molar-refractivity contribution in [3.05, 3.63) is 24.0 Å². The van der Waals surface area contributed by atoms with E-state index in [9.17, 15) is 5.21 Å². The van der Waals surface area contributed by atoms with Crippen LogP contribution in [0.5, 0.6) is 0 Å². The lowest BCUT2D eigenvalue weighted by atomic mass is 10.1. The second kappa shape index (κ2) is 4.80. The molecule has 0 atom stereocenters. The first-order valence-electron chi connectivity index (χ1n) is 5.80. The van der Waals surface area contributed by atoms with Crippen LogP contribution in [0.15, 0.2) is 18.5 Å². The molecule has 4 nitrogen and oxygen atoms in total. The summed E-state index contributed by atoms with van der Waals surface area (Å²) in [7, 11) is 0. The van der Waals surface area contributed by atoms with Crippen LogP contribution in [0.25, 0.3) is 0 Å². The van der Waals surface area contributed by atoms with Crippen LogP contribution in [0, 0.1) is 0 Å². The summed E-state index contributed by atoms with van der Waals surface area (Å²) in [5.41, 5.74) is 2.43. The number of piperazine rings is 1. The SMILES string of the molecule is CC(C)c1cncc(N2CCN(O)CC2)c1. The molecule has 4 heteroatoms. The average molecular weight is 221 g/mol. The van der Waals surface area contributed by atoms with Crippen molar-refractivity contribution >= 4 is 5.69 Å². The number of hydrogen-bond acceptors (Lipinski definition) is 4. The second-order valence-electron chi connectivity index (χ2n) is 4.57. The summed E-state index contributed by atoms with van der Waals surface area (Å²) in [6, 6.07) is 2.20. The second-order valence-corrected chi connectivity index (χ2v) is 4.57. The van der Waals surface area contributed by atoms with Gasteiger partial charge in [-0.1, -0.05) is 13.8 Å². The van der Waals surface area contributed by atoms with Crippen molar-refractivity contribution in [3.8, 4) is 0 Å². The van der Waals surface area contributed by atoms with E-state index < -0.39 is 0 Å². The van der Waals surface area contributed by atoms with E-state index in [1.807, 2.05) is 12.4 Å². The first-order chi connectivity index (χ1) is 7.66. The maximum Gasteiger partial charge on any atom is 0.0556 e. The van der Waals surface area contributed by atoms with E-state index in [2.05, 4.69) is 29.8 Å². The van der Waals surface area contributed by atoms with E-state index in [4.69, 9.17) is 0 Å². The predicted molar refractivity (Wildman–Crippen MR) is 63.9 cm³/mol. The molecule has 1 aliphatic rings. The molecule has 1 fully saturated rings. The Hall–Kier alpha value is -1.13. The molecule has 1 saturated heterocycles. The van der Waals surface area contributed by atoms with E-state index in [0.29, 0.717) is 19.0 Å². The summed E-state index contributed by atoms with van der Waals surface area (Å²) in [5, 5.41) is 10.7. The van der Waals surface area contributed by atoms with Crippen LogP contribution in [0.1, 0.15) is 25.3 Å². The van der Waals surface area contributed by atoms with Gasteiger partial charge in [-0.3, -0.25) is 4.98 Å². The molecular weight excluding hydrogens is 202 g/mol. The van der Waals surface area contributed by atoms with Gasteiger partial charge in [0.05, 0.1) is 11.9 Å². The third-order valence-corrected chi connectivity index (χ3v) is 3.03. The van der Waals surface area contributed by atoms with E-state index >= 15 is 0 Å². The quantitative estimate of drug-likeness (QED) is 0.825. The van der Waals surface area contributed by atoms with Gasteiger partial charge in [-0.05, 0) is 17.5 Å². The van der Waals surface area contributed by atoms with Crippen LogP contribution in [-0.4, -0.2) is 41.4 Å². The molecule has 1 aromatic rings. The lowest BCUT2D eigenvalue weighted by molar-refractivity contribution is -0.0935. The molecular formula is C12H19N3O. The van der Waals surface area contributed by atoms with Crippen LogP contribution in [0.4, 0.5) is 5.69 Å². The molecule has 2 rings (SSSR count). The number of hydrogen-bond donors (Lipinski definition) is 1. The van der Waals surface area contributed by atoms with Crippen LogP contribution in [-0.2, 0) is 0 Å². The fraction of sp³-hybridized carbons (Fsp3) is 0.583. The monoisotopic (exact) mass is 221 g/mol. The third-order valence-electron chi connectivity index (χ3n) is 3.03. The summed E-state index contributed by atoms with van der Waals surface area (Å²) in [6.07, 6.45) is 3.83. The van der Waals surface area contributed by atoms with Gasteiger partial charge in [0, 0.05) is 32.4 Å². The number of hydroxylamine groups is 2. The number of pyridine rings is 1. The number of rotatable bonds is 2. The number of anilines is 1. The summed E-state index contributed by atoms with van der Waals surface area (Å²) < 4.78 is 0. The Morgan fingerprint density at radius 1 is 1.19 bits per heavy atom. The molecule has 1 aromatic heterocycles. The highest BCUT2D eigenvalue weighted by atomic mass is 16.5.